The number of rotatable bonds is 3. The van der Waals surface area contributed by atoms with Crippen LogP contribution in [0.5, 0.6) is 0 Å². The van der Waals surface area contributed by atoms with Gasteiger partial charge in [-0.3, -0.25) is 4.79 Å². The fourth-order valence-electron chi connectivity index (χ4n) is 4.66. The van der Waals surface area contributed by atoms with Crippen molar-refractivity contribution in [1.29, 1.82) is 0 Å². The molecule has 2 amide bonds. The number of carbonyl (C=O) groups excluding carboxylic acids is 2. The largest absolute Gasteiger partial charge is 0.444 e. The van der Waals surface area contributed by atoms with Gasteiger partial charge >= 0.3 is 12.3 Å². The summed E-state index contributed by atoms with van der Waals surface area (Å²) in [6.45, 7) is 6.68. The lowest BCUT2D eigenvalue weighted by Gasteiger charge is -2.30. The number of nitrogens with zero attached hydrogens (tertiary/aromatic N) is 5. The lowest BCUT2D eigenvalue weighted by Crippen LogP contribution is -2.40. The van der Waals surface area contributed by atoms with Crippen LogP contribution in [-0.2, 0) is 23.9 Å². The van der Waals surface area contributed by atoms with E-state index in [1.165, 1.54) is 20.5 Å². The Hall–Kier alpha value is -4.35. The molecular weight excluding hydrogens is 527 g/mol. The Kier molecular flexibility index (Phi) is 6.59. The van der Waals surface area contributed by atoms with Gasteiger partial charge < -0.3 is 19.0 Å². The van der Waals surface area contributed by atoms with Gasteiger partial charge in [0.15, 0.2) is 17.2 Å². The number of hydrogen-bond acceptors (Lipinski definition) is 6. The predicted octanol–water partition coefficient (Wildman–Crippen LogP) is 5.91. The molecule has 0 N–H and O–H groups in total. The molecule has 0 saturated heterocycles. The summed E-state index contributed by atoms with van der Waals surface area (Å²) in [4.78, 5) is 32.9. The number of ether oxygens (including phenoxy) is 1. The average molecular weight is 556 g/mol. The molecule has 210 valence electrons. The number of benzene rings is 2. The molecule has 12 heteroatoms. The number of fused-ring (bicyclic) bond motifs is 2. The second-order valence-corrected chi connectivity index (χ2v) is 10.6. The van der Waals surface area contributed by atoms with Gasteiger partial charge in [-0.1, -0.05) is 6.07 Å². The Morgan fingerprint density at radius 2 is 1.85 bits per heavy atom. The maximum absolute atomic E-state index is 14.0. The minimum atomic E-state index is -4.74. The number of alkyl halides is 3. The second kappa shape index (κ2) is 9.68. The molecule has 1 aliphatic rings. The van der Waals surface area contributed by atoms with Crippen molar-refractivity contribution in [3.05, 3.63) is 70.9 Å². The van der Waals surface area contributed by atoms with Crippen LogP contribution >= 0.6 is 0 Å². The third-order valence-electron chi connectivity index (χ3n) is 6.49. The Morgan fingerprint density at radius 3 is 2.55 bits per heavy atom. The first-order valence-corrected chi connectivity index (χ1v) is 12.6. The van der Waals surface area contributed by atoms with E-state index in [1.54, 1.807) is 71.1 Å². The lowest BCUT2D eigenvalue weighted by molar-refractivity contribution is -0.142. The molecule has 4 aromatic rings. The summed E-state index contributed by atoms with van der Waals surface area (Å²) in [5, 5.41) is 3.91. The van der Waals surface area contributed by atoms with Crippen molar-refractivity contribution in [3.8, 4) is 5.69 Å². The molecule has 0 radical (unpaired) electrons. The summed E-state index contributed by atoms with van der Waals surface area (Å²) in [6, 6.07) is 11.5. The molecule has 0 bridgehead atoms. The Labute approximate surface area is 228 Å². The summed E-state index contributed by atoms with van der Waals surface area (Å²) in [7, 11) is 1.60. The molecule has 0 saturated carbocycles. The minimum Gasteiger partial charge on any atom is -0.444 e. The van der Waals surface area contributed by atoms with Crippen molar-refractivity contribution in [2.75, 3.05) is 18.5 Å². The monoisotopic (exact) mass is 555 g/mol. The van der Waals surface area contributed by atoms with E-state index < -0.39 is 23.6 Å². The molecule has 2 aromatic carbocycles. The molecule has 3 heterocycles. The van der Waals surface area contributed by atoms with Crippen LogP contribution in [0, 0.1) is 6.92 Å². The van der Waals surface area contributed by atoms with Gasteiger partial charge in [0.2, 0.25) is 0 Å². The summed E-state index contributed by atoms with van der Waals surface area (Å²) < 4.78 is 54.2. The summed E-state index contributed by atoms with van der Waals surface area (Å²) >= 11 is 0. The van der Waals surface area contributed by atoms with Crippen LogP contribution in [-0.4, -0.2) is 50.9 Å². The highest BCUT2D eigenvalue weighted by atomic mass is 19.4. The number of hydrogen-bond donors (Lipinski definition) is 0. The van der Waals surface area contributed by atoms with Crippen molar-refractivity contribution in [3.63, 3.8) is 0 Å². The normalized spacial score (nSPS) is 13.8. The topological polar surface area (TPSA) is 93.7 Å². The molecule has 0 atom stereocenters. The molecule has 2 aromatic heterocycles. The molecule has 0 fully saturated rings. The molecule has 40 heavy (non-hydrogen) atoms. The SMILES string of the molecule is Cc1nc2ccc(N(C)C(=O)c3cccc(-n4nc(C(F)(F)F)c5c4CCN(C(=O)OC(C)(C)C)C5)c3)cc2o1. The molecule has 0 spiro atoms. The van der Waals surface area contributed by atoms with Crippen LogP contribution < -0.4 is 4.90 Å². The molecule has 0 unspecified atom stereocenters. The Balaban J connectivity index is 1.47. The summed E-state index contributed by atoms with van der Waals surface area (Å²) in [5.41, 5.74) is 0.720. The highest BCUT2D eigenvalue weighted by molar-refractivity contribution is 6.06. The van der Waals surface area contributed by atoms with E-state index in [0.717, 1.165) is 0 Å². The zero-order valence-electron chi connectivity index (χ0n) is 22.7. The van der Waals surface area contributed by atoms with E-state index in [0.29, 0.717) is 34.1 Å². The smallest absolute Gasteiger partial charge is 0.435 e. The van der Waals surface area contributed by atoms with Gasteiger partial charge in [0.1, 0.15) is 11.1 Å². The van der Waals surface area contributed by atoms with Gasteiger partial charge in [0.05, 0.1) is 17.9 Å². The Bertz CT molecular complexity index is 1620. The van der Waals surface area contributed by atoms with Gasteiger partial charge in [0.25, 0.3) is 5.91 Å². The Morgan fingerprint density at radius 1 is 1.10 bits per heavy atom. The van der Waals surface area contributed by atoms with Gasteiger partial charge in [-0.05, 0) is 51.1 Å². The van der Waals surface area contributed by atoms with Crippen LogP contribution in [0.1, 0.15) is 54.0 Å². The van der Waals surface area contributed by atoms with Gasteiger partial charge in [-0.15, -0.1) is 0 Å². The van der Waals surface area contributed by atoms with E-state index >= 15 is 0 Å². The lowest BCUT2D eigenvalue weighted by atomic mass is 10.0. The second-order valence-electron chi connectivity index (χ2n) is 10.6. The maximum Gasteiger partial charge on any atom is 0.435 e. The van der Waals surface area contributed by atoms with E-state index in [1.807, 2.05) is 0 Å². The maximum atomic E-state index is 14.0. The first-order chi connectivity index (χ1) is 18.7. The van der Waals surface area contributed by atoms with Crippen LogP contribution in [0.25, 0.3) is 16.8 Å². The van der Waals surface area contributed by atoms with Crippen molar-refractivity contribution in [2.24, 2.45) is 0 Å². The summed E-state index contributed by atoms with van der Waals surface area (Å²) in [5.74, 6) is 0.134. The van der Waals surface area contributed by atoms with Crippen molar-refractivity contribution in [1.82, 2.24) is 19.7 Å². The van der Waals surface area contributed by atoms with Crippen LogP contribution in [0.4, 0.5) is 23.7 Å². The fourth-order valence-corrected chi connectivity index (χ4v) is 4.66. The van der Waals surface area contributed by atoms with Crippen molar-refractivity contribution in [2.45, 2.75) is 52.4 Å². The fraction of sp³-hybridized carbons (Fsp3) is 0.357. The van der Waals surface area contributed by atoms with Crippen molar-refractivity contribution >= 4 is 28.8 Å². The standard InChI is InChI=1S/C28H28F3N5O4/c1-16-32-21-10-9-18(14-23(21)39-16)34(5)25(37)17-7-6-8-19(13-17)36-22-11-12-35(26(38)40-27(2,3)4)15-20(22)24(33-36)28(29,30)31/h6-10,13-14H,11-12,15H2,1-5H3. The van der Waals surface area contributed by atoms with Crippen LogP contribution in [0.15, 0.2) is 46.9 Å². The highest BCUT2D eigenvalue weighted by Gasteiger charge is 2.42. The molecule has 9 nitrogen and oxygen atoms in total. The van der Waals surface area contributed by atoms with E-state index in [2.05, 4.69) is 10.1 Å². The van der Waals surface area contributed by atoms with E-state index in [-0.39, 0.29) is 36.5 Å². The van der Waals surface area contributed by atoms with Crippen LogP contribution in [0.2, 0.25) is 0 Å². The number of carbonyl (C=O) groups is 2. The predicted molar refractivity (Wildman–Crippen MR) is 140 cm³/mol. The molecule has 5 rings (SSSR count). The first-order valence-electron chi connectivity index (χ1n) is 12.6. The minimum absolute atomic E-state index is 0.0888. The third-order valence-corrected chi connectivity index (χ3v) is 6.49. The van der Waals surface area contributed by atoms with Gasteiger partial charge in [0, 0.05) is 49.8 Å². The zero-order chi connectivity index (χ0) is 29.0. The number of aryl methyl sites for hydroxylation is 1. The molecule has 0 aliphatic carbocycles. The highest BCUT2D eigenvalue weighted by Crippen LogP contribution is 2.36. The zero-order valence-corrected chi connectivity index (χ0v) is 22.7. The van der Waals surface area contributed by atoms with Gasteiger partial charge in [-0.2, -0.15) is 18.3 Å². The quantitative estimate of drug-likeness (QED) is 0.312. The molecule has 1 aliphatic heterocycles. The number of amides is 2. The van der Waals surface area contributed by atoms with Crippen molar-refractivity contribution < 1.29 is 31.9 Å². The number of oxazole rings is 1. The first kappa shape index (κ1) is 27.2. The van der Waals surface area contributed by atoms with Crippen LogP contribution in [0.3, 0.4) is 0 Å². The van der Waals surface area contributed by atoms with Gasteiger partial charge in [-0.25, -0.2) is 14.5 Å². The summed E-state index contributed by atoms with van der Waals surface area (Å²) in [6.07, 6.45) is -5.29. The van der Waals surface area contributed by atoms with E-state index in [4.69, 9.17) is 9.15 Å². The van der Waals surface area contributed by atoms with E-state index in [9.17, 15) is 22.8 Å². The average Bonchev–Trinajstić information content (AvgIpc) is 3.45. The number of anilines is 1. The number of aromatic nitrogens is 3. The third kappa shape index (κ3) is 5.25. The molecular formula is C28H28F3N5O4. The number of halogens is 3.